The van der Waals surface area contributed by atoms with Gasteiger partial charge in [0.25, 0.3) is 0 Å². The highest BCUT2D eigenvalue weighted by atomic mass is 15.1. The lowest BCUT2D eigenvalue weighted by molar-refractivity contribution is 1.13. The van der Waals surface area contributed by atoms with Gasteiger partial charge in [-0.1, -0.05) is 18.1 Å². The van der Waals surface area contributed by atoms with Gasteiger partial charge in [0, 0.05) is 31.0 Å². The second-order valence-electron chi connectivity index (χ2n) is 5.80. The fraction of sp³-hybridized carbons (Fsp3) is 0.100. The first-order valence-electron chi connectivity index (χ1n) is 7.80. The quantitative estimate of drug-likeness (QED) is 0.558. The summed E-state index contributed by atoms with van der Waals surface area (Å²) in [4.78, 5) is 10.4. The third kappa shape index (κ3) is 3.70. The lowest BCUT2D eigenvalue weighted by Gasteiger charge is -2.11. The van der Waals surface area contributed by atoms with Crippen LogP contribution < -0.4 is 16.4 Å². The van der Waals surface area contributed by atoms with E-state index in [1.807, 2.05) is 67.5 Å². The maximum Gasteiger partial charge on any atom is 0.135 e. The van der Waals surface area contributed by atoms with E-state index in [0.717, 1.165) is 16.8 Å². The number of rotatable bonds is 2. The fourth-order valence-corrected chi connectivity index (χ4v) is 2.45. The molecule has 0 fully saturated rings. The highest BCUT2D eigenvalue weighted by molar-refractivity contribution is 5.80. The van der Waals surface area contributed by atoms with Gasteiger partial charge in [-0.05, 0) is 47.9 Å². The van der Waals surface area contributed by atoms with E-state index in [1.54, 1.807) is 0 Å². The second kappa shape index (κ2) is 6.93. The van der Waals surface area contributed by atoms with Crippen LogP contribution in [0.3, 0.4) is 0 Å². The van der Waals surface area contributed by atoms with E-state index in [2.05, 4.69) is 21.8 Å². The molecule has 1 heterocycles. The van der Waals surface area contributed by atoms with Crippen LogP contribution in [-0.4, -0.2) is 24.1 Å². The van der Waals surface area contributed by atoms with Crippen LogP contribution >= 0.6 is 0 Å². The molecular formula is C20H19N5. The van der Waals surface area contributed by atoms with Crippen LogP contribution in [0, 0.1) is 11.8 Å². The van der Waals surface area contributed by atoms with Crippen LogP contribution in [0.15, 0.2) is 54.9 Å². The molecule has 0 atom stereocenters. The molecule has 4 N–H and O–H groups in total. The molecule has 0 saturated heterocycles. The zero-order valence-corrected chi connectivity index (χ0v) is 14.2. The highest BCUT2D eigenvalue weighted by Gasteiger charge is 2.10. The summed E-state index contributed by atoms with van der Waals surface area (Å²) in [5.41, 5.74) is 16.7. The van der Waals surface area contributed by atoms with Gasteiger partial charge >= 0.3 is 0 Å². The first-order valence-corrected chi connectivity index (χ1v) is 7.80. The van der Waals surface area contributed by atoms with Crippen molar-refractivity contribution >= 4 is 17.2 Å². The zero-order valence-electron chi connectivity index (χ0n) is 14.2. The summed E-state index contributed by atoms with van der Waals surface area (Å²) >= 11 is 0. The van der Waals surface area contributed by atoms with E-state index in [0.29, 0.717) is 22.8 Å². The van der Waals surface area contributed by atoms with Gasteiger partial charge in [0.1, 0.15) is 17.8 Å². The van der Waals surface area contributed by atoms with E-state index < -0.39 is 0 Å². The molecule has 5 nitrogen and oxygen atoms in total. The van der Waals surface area contributed by atoms with Gasteiger partial charge in [-0.2, -0.15) is 0 Å². The van der Waals surface area contributed by atoms with Crippen molar-refractivity contribution in [2.75, 3.05) is 30.5 Å². The SMILES string of the molecule is CN(C)c1ccc(C#Cc2ncnc(N)c2-c2cccc(N)c2)cc1. The minimum Gasteiger partial charge on any atom is -0.399 e. The van der Waals surface area contributed by atoms with Gasteiger partial charge in [-0.15, -0.1) is 0 Å². The number of benzene rings is 2. The molecule has 0 spiro atoms. The Labute approximate surface area is 147 Å². The maximum atomic E-state index is 6.06. The molecule has 5 heteroatoms. The van der Waals surface area contributed by atoms with Crippen molar-refractivity contribution in [3.05, 3.63) is 66.1 Å². The van der Waals surface area contributed by atoms with Crippen molar-refractivity contribution < 1.29 is 0 Å². The van der Waals surface area contributed by atoms with E-state index in [1.165, 1.54) is 6.33 Å². The minimum absolute atomic E-state index is 0.382. The molecule has 0 radical (unpaired) electrons. The molecule has 0 unspecified atom stereocenters. The maximum absolute atomic E-state index is 6.06. The lowest BCUT2D eigenvalue weighted by atomic mass is 10.0. The summed E-state index contributed by atoms with van der Waals surface area (Å²) in [6.07, 6.45) is 1.42. The number of nitrogens with two attached hydrogens (primary N) is 2. The third-order valence-corrected chi connectivity index (χ3v) is 3.76. The topological polar surface area (TPSA) is 81.1 Å². The summed E-state index contributed by atoms with van der Waals surface area (Å²) in [7, 11) is 4.00. The van der Waals surface area contributed by atoms with Crippen molar-refractivity contribution in [2.24, 2.45) is 0 Å². The van der Waals surface area contributed by atoms with Crippen LogP contribution in [0.1, 0.15) is 11.3 Å². The standard InChI is InChI=1S/C20H19N5/c1-25(2)17-9-6-14(7-10-17)8-11-18-19(20(22)24-13-23-18)15-4-3-5-16(21)12-15/h3-7,9-10,12-13H,21H2,1-2H3,(H2,22,23,24). The van der Waals surface area contributed by atoms with Crippen LogP contribution in [0.25, 0.3) is 11.1 Å². The Morgan fingerprint density at radius 3 is 2.36 bits per heavy atom. The molecule has 3 rings (SSSR count). The molecule has 0 aliphatic heterocycles. The molecule has 124 valence electrons. The minimum atomic E-state index is 0.382. The van der Waals surface area contributed by atoms with Gasteiger partial charge in [0.05, 0.1) is 5.56 Å². The number of nitrogens with zero attached hydrogens (tertiary/aromatic N) is 3. The average molecular weight is 329 g/mol. The summed E-state index contributed by atoms with van der Waals surface area (Å²) < 4.78 is 0. The Morgan fingerprint density at radius 1 is 0.920 bits per heavy atom. The Bertz CT molecular complexity index is 950. The molecule has 1 aromatic heterocycles. The molecule has 0 amide bonds. The van der Waals surface area contributed by atoms with Crippen LogP contribution in [0.4, 0.5) is 17.2 Å². The number of hydrogen-bond donors (Lipinski definition) is 2. The first kappa shape index (κ1) is 16.3. The molecule has 25 heavy (non-hydrogen) atoms. The second-order valence-corrected chi connectivity index (χ2v) is 5.80. The van der Waals surface area contributed by atoms with E-state index in [4.69, 9.17) is 11.5 Å². The smallest absolute Gasteiger partial charge is 0.135 e. The van der Waals surface area contributed by atoms with Crippen molar-refractivity contribution in [2.45, 2.75) is 0 Å². The third-order valence-electron chi connectivity index (χ3n) is 3.76. The number of hydrogen-bond acceptors (Lipinski definition) is 5. The normalized spacial score (nSPS) is 10.0. The predicted octanol–water partition coefficient (Wildman–Crippen LogP) is 2.77. The number of nitrogen functional groups attached to an aromatic ring is 2. The summed E-state index contributed by atoms with van der Waals surface area (Å²) in [6, 6.07) is 15.5. The van der Waals surface area contributed by atoms with Gasteiger partial charge in [0.15, 0.2) is 0 Å². The van der Waals surface area contributed by atoms with Gasteiger partial charge in [-0.25, -0.2) is 9.97 Å². The molecule has 0 bridgehead atoms. The lowest BCUT2D eigenvalue weighted by Crippen LogP contribution is -2.07. The van der Waals surface area contributed by atoms with E-state index in [9.17, 15) is 0 Å². The van der Waals surface area contributed by atoms with Crippen molar-refractivity contribution in [3.63, 3.8) is 0 Å². The molecule has 2 aromatic carbocycles. The Kier molecular flexibility index (Phi) is 4.53. The Hall–Kier alpha value is -3.52. The van der Waals surface area contributed by atoms with Crippen LogP contribution in [-0.2, 0) is 0 Å². The van der Waals surface area contributed by atoms with Crippen LogP contribution in [0.5, 0.6) is 0 Å². The number of aromatic nitrogens is 2. The monoisotopic (exact) mass is 329 g/mol. The Morgan fingerprint density at radius 2 is 1.68 bits per heavy atom. The van der Waals surface area contributed by atoms with Gasteiger partial charge in [-0.3, -0.25) is 0 Å². The van der Waals surface area contributed by atoms with Crippen molar-refractivity contribution in [3.8, 4) is 23.0 Å². The van der Waals surface area contributed by atoms with Crippen molar-refractivity contribution in [1.82, 2.24) is 9.97 Å². The first-order chi connectivity index (χ1) is 12.0. The molecule has 0 aliphatic rings. The van der Waals surface area contributed by atoms with E-state index in [-0.39, 0.29) is 0 Å². The van der Waals surface area contributed by atoms with Gasteiger partial charge in [0.2, 0.25) is 0 Å². The Balaban J connectivity index is 2.01. The van der Waals surface area contributed by atoms with E-state index >= 15 is 0 Å². The fourth-order valence-electron chi connectivity index (χ4n) is 2.45. The summed E-state index contributed by atoms with van der Waals surface area (Å²) in [5, 5.41) is 0. The molecular weight excluding hydrogens is 310 g/mol. The van der Waals surface area contributed by atoms with Crippen LogP contribution in [0.2, 0.25) is 0 Å². The highest BCUT2D eigenvalue weighted by Crippen LogP contribution is 2.27. The average Bonchev–Trinajstić information content (AvgIpc) is 2.60. The number of anilines is 3. The molecule has 0 aliphatic carbocycles. The summed E-state index contributed by atoms with van der Waals surface area (Å²) in [5.74, 6) is 6.62. The largest absolute Gasteiger partial charge is 0.399 e. The predicted molar refractivity (Wildman–Crippen MR) is 103 cm³/mol. The molecule has 0 saturated carbocycles. The summed E-state index contributed by atoms with van der Waals surface area (Å²) in [6.45, 7) is 0. The molecule has 3 aromatic rings. The van der Waals surface area contributed by atoms with Crippen molar-refractivity contribution in [1.29, 1.82) is 0 Å². The zero-order chi connectivity index (χ0) is 17.8. The van der Waals surface area contributed by atoms with Gasteiger partial charge < -0.3 is 16.4 Å².